The predicted octanol–water partition coefficient (Wildman–Crippen LogP) is 3.93. The minimum absolute atomic E-state index is 0.133. The van der Waals surface area contributed by atoms with Crippen LogP contribution in [-0.4, -0.2) is 77.9 Å². The number of carbonyl (C=O) groups excluding carboxylic acids is 1. The van der Waals surface area contributed by atoms with Crippen LogP contribution in [0.2, 0.25) is 51.9 Å². The maximum atomic E-state index is 11.6. The first kappa shape index (κ1) is 28.7. The third kappa shape index (κ3) is 17.1. The maximum Gasteiger partial charge on any atom is 0.335 e. The molecular weight excluding hydrogens is 424 g/mol. The van der Waals surface area contributed by atoms with Crippen LogP contribution < -0.4 is 0 Å². The molecule has 0 atom stereocenters. The van der Waals surface area contributed by atoms with Crippen molar-refractivity contribution in [3.05, 3.63) is 12.2 Å². The molecule has 0 radical (unpaired) electrons. The fraction of sp³-hybridized carbons (Fsp3) is 0.842. The second-order valence-electron chi connectivity index (χ2n) is 9.06. The van der Waals surface area contributed by atoms with E-state index in [1.54, 1.807) is 7.11 Å². The Morgan fingerprint density at radius 1 is 0.793 bits per heavy atom. The van der Waals surface area contributed by atoms with Crippen molar-refractivity contribution >= 4 is 31.2 Å². The maximum absolute atomic E-state index is 11.6. The molecular formula is C19H42O7Si3. The van der Waals surface area contributed by atoms with E-state index in [0.29, 0.717) is 26.4 Å². The van der Waals surface area contributed by atoms with Crippen molar-refractivity contribution < 1.29 is 32.0 Å². The fourth-order valence-corrected chi connectivity index (χ4v) is 15.2. The molecule has 7 nitrogen and oxygen atoms in total. The Hall–Kier alpha value is -0.339. The van der Waals surface area contributed by atoms with Crippen molar-refractivity contribution in [3.63, 3.8) is 0 Å². The first-order chi connectivity index (χ1) is 13.3. The molecule has 0 unspecified atom stereocenters. The van der Waals surface area contributed by atoms with Crippen LogP contribution in [0, 0.1) is 0 Å². The van der Waals surface area contributed by atoms with E-state index in [1.807, 2.05) is 0 Å². The van der Waals surface area contributed by atoms with E-state index < -0.39 is 31.2 Å². The van der Waals surface area contributed by atoms with E-state index >= 15 is 0 Å². The molecule has 29 heavy (non-hydrogen) atoms. The van der Waals surface area contributed by atoms with Gasteiger partial charge in [-0.15, -0.1) is 0 Å². The van der Waals surface area contributed by atoms with E-state index in [9.17, 15) is 4.79 Å². The van der Waals surface area contributed by atoms with Gasteiger partial charge in [-0.2, -0.15) is 0 Å². The van der Waals surface area contributed by atoms with Crippen LogP contribution in [0.15, 0.2) is 12.2 Å². The molecule has 0 saturated carbocycles. The highest BCUT2D eigenvalue weighted by Gasteiger charge is 2.39. The summed E-state index contributed by atoms with van der Waals surface area (Å²) in [5.41, 5.74) is 0.287. The summed E-state index contributed by atoms with van der Waals surface area (Å²) in [6.45, 7) is 21.3. The van der Waals surface area contributed by atoms with Crippen LogP contribution in [0.3, 0.4) is 0 Å². The lowest BCUT2D eigenvalue weighted by Gasteiger charge is -2.38. The number of carbonyl (C=O) groups is 1. The van der Waals surface area contributed by atoms with Gasteiger partial charge in [0, 0.05) is 13.7 Å². The van der Waals surface area contributed by atoms with Crippen molar-refractivity contribution in [3.8, 4) is 0 Å². The van der Waals surface area contributed by atoms with E-state index in [-0.39, 0.29) is 18.8 Å². The monoisotopic (exact) mass is 466 g/mol. The summed E-state index contributed by atoms with van der Waals surface area (Å²) in [7, 11) is -3.98. The van der Waals surface area contributed by atoms with Gasteiger partial charge < -0.3 is 27.2 Å². The average molecular weight is 467 g/mol. The van der Waals surface area contributed by atoms with Crippen LogP contribution in [0.5, 0.6) is 0 Å². The molecule has 0 aromatic heterocycles. The topological polar surface area (TPSA) is 72.5 Å². The summed E-state index contributed by atoms with van der Waals surface area (Å²) in [4.78, 5) is 11.6. The van der Waals surface area contributed by atoms with Gasteiger partial charge in [-0.05, 0) is 58.3 Å². The predicted molar refractivity (Wildman–Crippen MR) is 124 cm³/mol. The molecule has 0 bridgehead atoms. The molecule has 0 aliphatic heterocycles. The summed E-state index contributed by atoms with van der Waals surface area (Å²) in [5, 5.41) is 0. The number of hydrogen-bond acceptors (Lipinski definition) is 7. The summed E-state index contributed by atoms with van der Waals surface area (Å²) < 4.78 is 33.8. The van der Waals surface area contributed by atoms with Crippen molar-refractivity contribution in [1.29, 1.82) is 0 Å². The normalized spacial score (nSPS) is 12.8. The van der Waals surface area contributed by atoms with Crippen molar-refractivity contribution in [2.45, 2.75) is 58.3 Å². The number of rotatable bonds is 17. The quantitative estimate of drug-likeness (QED) is 0.139. The van der Waals surface area contributed by atoms with E-state index in [2.05, 4.69) is 52.4 Å². The standard InChI is InChI=1S/C19H42O7Si3/c1-18(19(20)24-15-12-21-2)17-23-14-13-22-11-10-16-29(9,25-27(3,4)5)26-28(6,7)8/h1,10-17H2,2-9H3. The van der Waals surface area contributed by atoms with Gasteiger partial charge in [-0.3, -0.25) is 0 Å². The summed E-state index contributed by atoms with van der Waals surface area (Å²) in [6.07, 6.45) is 0.899. The van der Waals surface area contributed by atoms with Gasteiger partial charge in [-0.25, -0.2) is 4.79 Å². The smallest absolute Gasteiger partial charge is 0.335 e. The molecule has 0 N–H and O–H groups in total. The zero-order valence-corrected chi connectivity index (χ0v) is 22.7. The van der Waals surface area contributed by atoms with Gasteiger partial charge in [0.05, 0.1) is 32.0 Å². The van der Waals surface area contributed by atoms with Gasteiger partial charge in [0.15, 0.2) is 16.6 Å². The number of hydrogen-bond donors (Lipinski definition) is 0. The van der Waals surface area contributed by atoms with Crippen LogP contribution in [-0.2, 0) is 32.0 Å². The highest BCUT2D eigenvalue weighted by atomic mass is 28.5. The van der Waals surface area contributed by atoms with E-state index in [0.717, 1.165) is 12.5 Å². The fourth-order valence-electron chi connectivity index (χ4n) is 2.71. The van der Waals surface area contributed by atoms with E-state index in [1.165, 1.54) is 0 Å². The molecule has 0 aliphatic rings. The molecule has 0 aromatic rings. The molecule has 0 amide bonds. The zero-order valence-electron chi connectivity index (χ0n) is 19.7. The lowest BCUT2D eigenvalue weighted by atomic mass is 10.3. The number of ether oxygens (including phenoxy) is 4. The lowest BCUT2D eigenvalue weighted by Crippen LogP contribution is -2.52. The average Bonchev–Trinajstić information content (AvgIpc) is 2.53. The van der Waals surface area contributed by atoms with Gasteiger partial charge in [-0.1, -0.05) is 6.58 Å². The second kappa shape index (κ2) is 13.9. The number of methoxy groups -OCH3 is 1. The second-order valence-corrected chi connectivity index (χ2v) is 21.9. The van der Waals surface area contributed by atoms with Gasteiger partial charge >= 0.3 is 14.5 Å². The lowest BCUT2D eigenvalue weighted by molar-refractivity contribution is -0.141. The molecule has 0 heterocycles. The Bertz CT molecular complexity index is 471. The molecule has 0 rings (SSSR count). The Morgan fingerprint density at radius 2 is 1.34 bits per heavy atom. The van der Waals surface area contributed by atoms with Gasteiger partial charge in [0.1, 0.15) is 6.61 Å². The zero-order chi connectivity index (χ0) is 22.6. The molecule has 0 spiro atoms. The third-order valence-electron chi connectivity index (χ3n) is 3.42. The molecule has 0 saturated heterocycles. The van der Waals surface area contributed by atoms with Crippen LogP contribution in [0.1, 0.15) is 6.42 Å². The highest BCUT2D eigenvalue weighted by Crippen LogP contribution is 2.25. The molecule has 0 aliphatic carbocycles. The summed E-state index contributed by atoms with van der Waals surface area (Å²) in [5.74, 6) is -0.461. The molecule has 172 valence electrons. The Balaban J connectivity index is 4.03. The third-order valence-corrected chi connectivity index (χ3v) is 13.0. The minimum atomic E-state index is -2.20. The Kier molecular flexibility index (Phi) is 13.7. The van der Waals surface area contributed by atoms with Crippen molar-refractivity contribution in [2.75, 3.05) is 46.8 Å². The minimum Gasteiger partial charge on any atom is -0.460 e. The molecule has 0 fully saturated rings. The van der Waals surface area contributed by atoms with E-state index in [4.69, 9.17) is 27.2 Å². The first-order valence-corrected chi connectivity index (χ1v) is 19.5. The SMILES string of the molecule is C=C(COCCOCCC[Si](C)(O[Si](C)(C)C)O[Si](C)(C)C)C(=O)OCCOC. The summed E-state index contributed by atoms with van der Waals surface area (Å²) in [6, 6.07) is 0.923. The van der Waals surface area contributed by atoms with Crippen molar-refractivity contribution in [2.24, 2.45) is 0 Å². The van der Waals surface area contributed by atoms with Crippen LogP contribution >= 0.6 is 0 Å². The van der Waals surface area contributed by atoms with Crippen molar-refractivity contribution in [1.82, 2.24) is 0 Å². The van der Waals surface area contributed by atoms with Crippen LogP contribution in [0.4, 0.5) is 0 Å². The molecule has 0 aromatic carbocycles. The Morgan fingerprint density at radius 3 is 1.86 bits per heavy atom. The summed E-state index contributed by atoms with van der Waals surface area (Å²) >= 11 is 0. The number of esters is 1. The first-order valence-electron chi connectivity index (χ1n) is 10.2. The highest BCUT2D eigenvalue weighted by molar-refractivity contribution is 6.87. The van der Waals surface area contributed by atoms with Gasteiger partial charge in [0.2, 0.25) is 0 Å². The molecule has 10 heteroatoms. The van der Waals surface area contributed by atoms with Crippen LogP contribution in [0.25, 0.3) is 0 Å². The van der Waals surface area contributed by atoms with Gasteiger partial charge in [0.25, 0.3) is 0 Å². The largest absolute Gasteiger partial charge is 0.460 e. The Labute approximate surface area is 180 Å².